The fraction of sp³-hybridized carbons (Fsp3) is 0.333. The molecule has 1 fully saturated rings. The molecule has 1 aromatic heterocycles. The van der Waals surface area contributed by atoms with Gasteiger partial charge in [-0.25, -0.2) is 4.68 Å². The summed E-state index contributed by atoms with van der Waals surface area (Å²) < 4.78 is 3.11. The van der Waals surface area contributed by atoms with Crippen molar-refractivity contribution in [2.45, 2.75) is 12.5 Å². The van der Waals surface area contributed by atoms with Crippen LogP contribution in [0.5, 0.6) is 0 Å². The van der Waals surface area contributed by atoms with Crippen LogP contribution >= 0.6 is 15.9 Å². The molecule has 2 aromatic rings. The third-order valence-electron chi connectivity index (χ3n) is 3.08. The van der Waals surface area contributed by atoms with Crippen LogP contribution in [0.25, 0.3) is 11.3 Å². The summed E-state index contributed by atoms with van der Waals surface area (Å²) in [7, 11) is 0. The largest absolute Gasteiger partial charge is 0.315 e. The number of nitrogens with zero attached hydrogens (tertiary/aromatic N) is 3. The molecule has 1 N–H and O–H groups in total. The molecule has 0 spiro atoms. The third-order valence-corrected chi connectivity index (χ3v) is 3.57. The lowest BCUT2D eigenvalue weighted by atomic mass is 10.1. The van der Waals surface area contributed by atoms with E-state index in [-0.39, 0.29) is 0 Å². The second kappa shape index (κ2) is 4.58. The number of nitrogens with one attached hydrogen (secondary N) is 1. The molecule has 0 radical (unpaired) electrons. The average molecular weight is 293 g/mol. The second-order valence-electron chi connectivity index (χ2n) is 4.22. The minimum atomic E-state index is 0.423. The Kier molecular flexibility index (Phi) is 2.94. The molecule has 2 heterocycles. The van der Waals surface area contributed by atoms with Gasteiger partial charge in [0, 0.05) is 16.6 Å². The van der Waals surface area contributed by atoms with E-state index >= 15 is 0 Å². The van der Waals surface area contributed by atoms with Crippen molar-refractivity contribution in [3.63, 3.8) is 0 Å². The zero-order valence-electron chi connectivity index (χ0n) is 9.31. The van der Waals surface area contributed by atoms with Crippen LogP contribution in [0, 0.1) is 0 Å². The molecule has 1 aliphatic heterocycles. The van der Waals surface area contributed by atoms with Gasteiger partial charge in [0.05, 0.1) is 17.9 Å². The standard InChI is InChI=1S/C12H13BrN4/c13-10-3-1-2-9(6-10)12-8-15-16-17(12)11-4-5-14-7-11/h1-3,6,8,11,14H,4-5,7H2. The van der Waals surface area contributed by atoms with Crippen molar-refractivity contribution in [1.29, 1.82) is 0 Å². The van der Waals surface area contributed by atoms with Gasteiger partial charge in [0.25, 0.3) is 0 Å². The highest BCUT2D eigenvalue weighted by atomic mass is 79.9. The normalized spacial score (nSPS) is 19.7. The smallest absolute Gasteiger partial charge is 0.0889 e. The molecule has 3 rings (SSSR count). The van der Waals surface area contributed by atoms with E-state index in [1.54, 1.807) is 0 Å². The molecular formula is C12H13BrN4. The van der Waals surface area contributed by atoms with Gasteiger partial charge in [-0.2, -0.15) is 0 Å². The van der Waals surface area contributed by atoms with E-state index in [1.165, 1.54) is 0 Å². The van der Waals surface area contributed by atoms with Crippen LogP contribution in [-0.4, -0.2) is 28.1 Å². The van der Waals surface area contributed by atoms with E-state index in [1.807, 2.05) is 23.0 Å². The van der Waals surface area contributed by atoms with Crippen molar-refractivity contribution >= 4 is 15.9 Å². The lowest BCUT2D eigenvalue weighted by molar-refractivity contribution is 0.481. The molecule has 17 heavy (non-hydrogen) atoms. The molecular weight excluding hydrogens is 280 g/mol. The third kappa shape index (κ3) is 2.12. The molecule has 0 amide bonds. The zero-order chi connectivity index (χ0) is 11.7. The second-order valence-corrected chi connectivity index (χ2v) is 5.14. The summed E-state index contributed by atoms with van der Waals surface area (Å²) in [4.78, 5) is 0. The highest BCUT2D eigenvalue weighted by Crippen LogP contribution is 2.26. The molecule has 0 saturated carbocycles. The number of hydrogen-bond acceptors (Lipinski definition) is 3. The van der Waals surface area contributed by atoms with Crippen molar-refractivity contribution in [1.82, 2.24) is 20.3 Å². The summed E-state index contributed by atoms with van der Waals surface area (Å²) in [5.74, 6) is 0. The number of hydrogen-bond donors (Lipinski definition) is 1. The lowest BCUT2D eigenvalue weighted by Gasteiger charge is -2.12. The molecule has 5 heteroatoms. The quantitative estimate of drug-likeness (QED) is 0.923. The molecule has 1 saturated heterocycles. The van der Waals surface area contributed by atoms with E-state index in [4.69, 9.17) is 0 Å². The highest BCUT2D eigenvalue weighted by molar-refractivity contribution is 9.10. The molecule has 1 unspecified atom stereocenters. The Hall–Kier alpha value is -1.20. The predicted molar refractivity (Wildman–Crippen MR) is 69.7 cm³/mol. The van der Waals surface area contributed by atoms with E-state index < -0.39 is 0 Å². The molecule has 1 aromatic carbocycles. The Labute approximate surface area is 108 Å². The van der Waals surface area contributed by atoms with Crippen molar-refractivity contribution in [3.05, 3.63) is 34.9 Å². The van der Waals surface area contributed by atoms with Gasteiger partial charge < -0.3 is 5.32 Å². The number of aromatic nitrogens is 3. The average Bonchev–Trinajstić information content (AvgIpc) is 3.00. The zero-order valence-corrected chi connectivity index (χ0v) is 10.9. The molecule has 4 nitrogen and oxygen atoms in total. The van der Waals surface area contributed by atoms with Gasteiger partial charge in [0.1, 0.15) is 0 Å². The maximum atomic E-state index is 4.22. The van der Waals surface area contributed by atoms with Crippen molar-refractivity contribution in [2.24, 2.45) is 0 Å². The fourth-order valence-corrected chi connectivity index (χ4v) is 2.62. The summed E-state index contributed by atoms with van der Waals surface area (Å²) in [6.45, 7) is 2.03. The highest BCUT2D eigenvalue weighted by Gasteiger charge is 2.20. The van der Waals surface area contributed by atoms with Gasteiger partial charge in [-0.1, -0.05) is 33.3 Å². The van der Waals surface area contributed by atoms with E-state index in [9.17, 15) is 0 Å². The first-order chi connectivity index (χ1) is 8.34. The molecule has 0 bridgehead atoms. The van der Waals surface area contributed by atoms with Gasteiger partial charge in [-0.15, -0.1) is 5.10 Å². The van der Waals surface area contributed by atoms with E-state index in [2.05, 4.69) is 43.7 Å². The van der Waals surface area contributed by atoms with Crippen molar-refractivity contribution in [3.8, 4) is 11.3 Å². The minimum Gasteiger partial charge on any atom is -0.315 e. The number of halogens is 1. The van der Waals surface area contributed by atoms with Crippen LogP contribution in [0.1, 0.15) is 12.5 Å². The topological polar surface area (TPSA) is 42.7 Å². The van der Waals surface area contributed by atoms with Gasteiger partial charge in [0.15, 0.2) is 0 Å². The van der Waals surface area contributed by atoms with Gasteiger partial charge in [0.2, 0.25) is 0 Å². The maximum absolute atomic E-state index is 4.22. The molecule has 1 aliphatic rings. The van der Waals surface area contributed by atoms with E-state index in [0.717, 1.165) is 35.2 Å². The summed E-state index contributed by atoms with van der Waals surface area (Å²) in [5.41, 5.74) is 2.23. The van der Waals surface area contributed by atoms with Crippen LogP contribution in [0.3, 0.4) is 0 Å². The summed E-state index contributed by atoms with van der Waals surface area (Å²) in [5, 5.41) is 11.6. The Morgan fingerprint density at radius 1 is 1.41 bits per heavy atom. The Balaban J connectivity index is 2.00. The first-order valence-corrected chi connectivity index (χ1v) is 6.51. The lowest BCUT2D eigenvalue weighted by Crippen LogP contribution is -2.15. The van der Waals surface area contributed by atoms with E-state index in [0.29, 0.717) is 6.04 Å². The van der Waals surface area contributed by atoms with Gasteiger partial charge >= 0.3 is 0 Å². The van der Waals surface area contributed by atoms with Gasteiger partial charge in [-0.05, 0) is 25.1 Å². The monoisotopic (exact) mass is 292 g/mol. The summed E-state index contributed by atoms with van der Waals surface area (Å²) in [6.07, 6.45) is 2.95. The molecule has 1 atom stereocenters. The van der Waals surface area contributed by atoms with Crippen LogP contribution in [0.4, 0.5) is 0 Å². The maximum Gasteiger partial charge on any atom is 0.0889 e. The SMILES string of the molecule is Brc1cccc(-c2cnnn2C2CCNC2)c1. The van der Waals surface area contributed by atoms with Crippen LogP contribution < -0.4 is 5.32 Å². The molecule has 0 aliphatic carbocycles. The first-order valence-electron chi connectivity index (χ1n) is 5.71. The van der Waals surface area contributed by atoms with Crippen LogP contribution in [0.2, 0.25) is 0 Å². The number of rotatable bonds is 2. The van der Waals surface area contributed by atoms with Gasteiger partial charge in [-0.3, -0.25) is 0 Å². The molecule has 88 valence electrons. The minimum absolute atomic E-state index is 0.423. The van der Waals surface area contributed by atoms with Crippen LogP contribution in [0.15, 0.2) is 34.9 Å². The Bertz CT molecular complexity index is 517. The first kappa shape index (κ1) is 10.9. The Morgan fingerprint density at radius 3 is 3.12 bits per heavy atom. The fourth-order valence-electron chi connectivity index (χ4n) is 2.22. The Morgan fingerprint density at radius 2 is 2.35 bits per heavy atom. The number of benzene rings is 1. The summed E-state index contributed by atoms with van der Waals surface area (Å²) in [6, 6.07) is 8.66. The summed E-state index contributed by atoms with van der Waals surface area (Å²) >= 11 is 3.49. The predicted octanol–water partition coefficient (Wildman–Crippen LogP) is 2.24. The van der Waals surface area contributed by atoms with Crippen molar-refractivity contribution < 1.29 is 0 Å². The van der Waals surface area contributed by atoms with Crippen LogP contribution in [-0.2, 0) is 0 Å². The van der Waals surface area contributed by atoms with Crippen molar-refractivity contribution in [2.75, 3.05) is 13.1 Å².